The van der Waals surface area contributed by atoms with Gasteiger partial charge in [0.25, 0.3) is 0 Å². The van der Waals surface area contributed by atoms with Gasteiger partial charge in [0, 0.05) is 38.3 Å². The summed E-state index contributed by atoms with van der Waals surface area (Å²) in [5.41, 5.74) is 0.578. The second-order valence-electron chi connectivity index (χ2n) is 9.78. The number of piperidine rings is 1. The van der Waals surface area contributed by atoms with Crippen molar-refractivity contribution in [2.75, 3.05) is 46.5 Å². The number of hydrogen-bond acceptors (Lipinski definition) is 5. The highest BCUT2D eigenvalue weighted by molar-refractivity contribution is 5.32. The normalized spacial score (nSPS) is 31.9. The second-order valence-corrected chi connectivity index (χ2v) is 9.78. The van der Waals surface area contributed by atoms with Gasteiger partial charge in [0.1, 0.15) is 5.75 Å². The lowest BCUT2D eigenvalue weighted by Crippen LogP contribution is -2.54. The predicted molar refractivity (Wildman–Crippen MR) is 111 cm³/mol. The molecule has 3 heterocycles. The van der Waals surface area contributed by atoms with Gasteiger partial charge in [-0.05, 0) is 48.8 Å². The molecule has 0 radical (unpaired) electrons. The van der Waals surface area contributed by atoms with Crippen LogP contribution in [0, 0.1) is 5.41 Å². The first kappa shape index (κ1) is 20.1. The highest BCUT2D eigenvalue weighted by Crippen LogP contribution is 2.46. The Kier molecular flexibility index (Phi) is 5.71. The van der Waals surface area contributed by atoms with Crippen molar-refractivity contribution >= 4 is 0 Å². The first-order chi connectivity index (χ1) is 13.4. The molecule has 1 N–H and O–H groups in total. The molecule has 3 saturated heterocycles. The Morgan fingerprint density at radius 3 is 2.25 bits per heavy atom. The average molecular weight is 389 g/mol. The van der Waals surface area contributed by atoms with Crippen molar-refractivity contribution in [3.63, 3.8) is 0 Å². The van der Waals surface area contributed by atoms with E-state index in [2.05, 4.69) is 23.6 Å². The molecule has 1 aromatic rings. The molecule has 1 aromatic carbocycles. The Balaban J connectivity index is 1.41. The maximum Gasteiger partial charge on any atom is 0.118 e. The quantitative estimate of drug-likeness (QED) is 0.812. The summed E-state index contributed by atoms with van der Waals surface area (Å²) in [5.74, 6) is 0.845. The molecule has 4 rings (SSSR count). The maximum atomic E-state index is 11.5. The Hall–Kier alpha value is -1.14. The molecule has 3 aliphatic heterocycles. The van der Waals surface area contributed by atoms with Crippen LogP contribution in [0.15, 0.2) is 24.3 Å². The van der Waals surface area contributed by atoms with Gasteiger partial charge in [0.2, 0.25) is 0 Å². The number of aliphatic hydroxyl groups is 1. The van der Waals surface area contributed by atoms with Gasteiger partial charge in [-0.2, -0.15) is 0 Å². The number of fused-ring (bicyclic) bond motifs is 2. The van der Waals surface area contributed by atoms with Crippen LogP contribution >= 0.6 is 0 Å². The summed E-state index contributed by atoms with van der Waals surface area (Å²) in [4.78, 5) is 5.25. The number of rotatable bonds is 6. The number of hydrogen-bond donors (Lipinski definition) is 1. The lowest BCUT2D eigenvalue weighted by Gasteiger charge is -2.47. The van der Waals surface area contributed by atoms with Crippen LogP contribution in [-0.4, -0.2) is 73.5 Å². The number of ether oxygens (including phenoxy) is 2. The topological polar surface area (TPSA) is 45.2 Å². The molecular weight excluding hydrogens is 352 g/mol. The third-order valence-electron chi connectivity index (χ3n) is 6.91. The van der Waals surface area contributed by atoms with Crippen LogP contribution in [0.3, 0.4) is 0 Å². The average Bonchev–Trinajstić information content (AvgIpc) is 2.91. The van der Waals surface area contributed by atoms with Crippen LogP contribution in [0.25, 0.3) is 0 Å². The summed E-state index contributed by atoms with van der Waals surface area (Å²) in [6.07, 6.45) is 4.08. The highest BCUT2D eigenvalue weighted by Gasteiger charge is 2.49. The monoisotopic (exact) mass is 388 g/mol. The van der Waals surface area contributed by atoms with Crippen molar-refractivity contribution in [3.8, 4) is 5.75 Å². The first-order valence-corrected chi connectivity index (χ1v) is 10.8. The summed E-state index contributed by atoms with van der Waals surface area (Å²) in [6, 6.07) is 8.97. The van der Waals surface area contributed by atoms with Crippen LogP contribution in [0.1, 0.15) is 45.1 Å². The van der Waals surface area contributed by atoms with Crippen LogP contribution in [-0.2, 0) is 10.3 Å². The molecule has 28 heavy (non-hydrogen) atoms. The van der Waals surface area contributed by atoms with Crippen molar-refractivity contribution in [2.45, 2.75) is 57.2 Å². The lowest BCUT2D eigenvalue weighted by molar-refractivity contribution is -0.0689. The minimum Gasteiger partial charge on any atom is -0.497 e. The van der Waals surface area contributed by atoms with Gasteiger partial charge in [0.15, 0.2) is 0 Å². The minimum absolute atomic E-state index is 0.244. The standard InChI is InChI=1S/C23H36N2O3/c1-22(2,16-24-10-12-28-13-11-24)17-25-19-6-7-20(25)15-23(26,14-19)18-4-8-21(27-3)9-5-18/h4-5,8-9,19-20,26H,6-7,10-17H2,1-3H3/t19-,20-/m1/s1. The molecule has 2 bridgehead atoms. The Morgan fingerprint density at radius 1 is 1.07 bits per heavy atom. The number of benzene rings is 1. The molecular formula is C23H36N2O3. The van der Waals surface area contributed by atoms with Crippen LogP contribution in [0.2, 0.25) is 0 Å². The number of nitrogens with zero attached hydrogens (tertiary/aromatic N) is 2. The Labute approximate surface area is 169 Å². The molecule has 0 amide bonds. The fraction of sp³-hybridized carbons (Fsp3) is 0.739. The molecule has 0 spiro atoms. The maximum absolute atomic E-state index is 11.5. The molecule has 3 aliphatic rings. The highest BCUT2D eigenvalue weighted by atomic mass is 16.5. The molecule has 2 atom stereocenters. The zero-order valence-corrected chi connectivity index (χ0v) is 17.7. The van der Waals surface area contributed by atoms with E-state index in [1.807, 2.05) is 24.3 Å². The molecule has 0 aromatic heterocycles. The summed E-state index contributed by atoms with van der Waals surface area (Å²) in [7, 11) is 1.68. The third kappa shape index (κ3) is 4.23. The molecule has 0 aliphatic carbocycles. The summed E-state index contributed by atoms with van der Waals surface area (Å²) in [6.45, 7) is 10.8. The van der Waals surface area contributed by atoms with Crippen LogP contribution in [0.5, 0.6) is 5.75 Å². The second kappa shape index (κ2) is 7.94. The number of methoxy groups -OCH3 is 1. The first-order valence-electron chi connectivity index (χ1n) is 10.8. The fourth-order valence-electron chi connectivity index (χ4n) is 5.62. The van der Waals surface area contributed by atoms with Gasteiger partial charge in [-0.3, -0.25) is 9.80 Å². The van der Waals surface area contributed by atoms with Crippen LogP contribution in [0.4, 0.5) is 0 Å². The molecule has 3 fully saturated rings. The molecule has 5 heteroatoms. The van der Waals surface area contributed by atoms with E-state index in [1.54, 1.807) is 7.11 Å². The summed E-state index contributed by atoms with van der Waals surface area (Å²) >= 11 is 0. The molecule has 0 unspecified atom stereocenters. The van der Waals surface area contributed by atoms with Gasteiger partial charge in [-0.1, -0.05) is 26.0 Å². The Morgan fingerprint density at radius 2 is 1.68 bits per heavy atom. The van der Waals surface area contributed by atoms with Crippen molar-refractivity contribution in [2.24, 2.45) is 5.41 Å². The minimum atomic E-state index is -0.705. The van der Waals surface area contributed by atoms with E-state index in [-0.39, 0.29) is 5.41 Å². The van der Waals surface area contributed by atoms with Gasteiger partial charge in [0.05, 0.1) is 25.9 Å². The molecule has 0 saturated carbocycles. The van der Waals surface area contributed by atoms with Crippen molar-refractivity contribution in [1.82, 2.24) is 9.80 Å². The van der Waals surface area contributed by atoms with Crippen molar-refractivity contribution in [1.29, 1.82) is 0 Å². The Bertz CT molecular complexity index is 640. The van der Waals surface area contributed by atoms with E-state index >= 15 is 0 Å². The van der Waals surface area contributed by atoms with Gasteiger partial charge in [-0.25, -0.2) is 0 Å². The van der Waals surface area contributed by atoms with Crippen molar-refractivity contribution in [3.05, 3.63) is 29.8 Å². The van der Waals surface area contributed by atoms with E-state index in [1.165, 1.54) is 12.8 Å². The number of morpholine rings is 1. The van der Waals surface area contributed by atoms with E-state index in [9.17, 15) is 5.11 Å². The summed E-state index contributed by atoms with van der Waals surface area (Å²) in [5, 5.41) is 11.5. The van der Waals surface area contributed by atoms with Gasteiger partial charge in [-0.15, -0.1) is 0 Å². The fourth-order valence-corrected chi connectivity index (χ4v) is 5.62. The summed E-state index contributed by atoms with van der Waals surface area (Å²) < 4.78 is 10.8. The van der Waals surface area contributed by atoms with E-state index in [0.717, 1.165) is 63.5 Å². The van der Waals surface area contributed by atoms with E-state index in [4.69, 9.17) is 9.47 Å². The zero-order chi connectivity index (χ0) is 19.8. The predicted octanol–water partition coefficient (Wildman–Crippen LogP) is 2.87. The van der Waals surface area contributed by atoms with E-state index < -0.39 is 5.60 Å². The molecule has 5 nitrogen and oxygen atoms in total. The smallest absolute Gasteiger partial charge is 0.118 e. The largest absolute Gasteiger partial charge is 0.497 e. The third-order valence-corrected chi connectivity index (χ3v) is 6.91. The SMILES string of the molecule is COc1ccc(C2(O)C[C@H]3CC[C@H](C2)N3CC(C)(C)CN2CCOCC2)cc1. The zero-order valence-electron chi connectivity index (χ0n) is 17.7. The molecule has 156 valence electrons. The van der Waals surface area contributed by atoms with Gasteiger partial charge >= 0.3 is 0 Å². The van der Waals surface area contributed by atoms with Crippen molar-refractivity contribution < 1.29 is 14.6 Å². The van der Waals surface area contributed by atoms with E-state index in [0.29, 0.717) is 12.1 Å². The van der Waals surface area contributed by atoms with Crippen LogP contribution < -0.4 is 4.74 Å². The lowest BCUT2D eigenvalue weighted by atomic mass is 9.79. The van der Waals surface area contributed by atoms with Gasteiger partial charge < -0.3 is 14.6 Å².